The zero-order valence-corrected chi connectivity index (χ0v) is 12.1. The first-order valence-corrected chi connectivity index (χ1v) is 6.71. The Kier molecular flexibility index (Phi) is 4.00. The van der Waals surface area contributed by atoms with Crippen molar-refractivity contribution in [2.75, 3.05) is 0 Å². The first-order chi connectivity index (χ1) is 8.99. The highest BCUT2D eigenvalue weighted by Crippen LogP contribution is 2.22. The lowest BCUT2D eigenvalue weighted by Crippen LogP contribution is -2.17. The van der Waals surface area contributed by atoms with Crippen molar-refractivity contribution in [1.82, 2.24) is 14.5 Å². The van der Waals surface area contributed by atoms with Crippen LogP contribution in [0.2, 0.25) is 0 Å². The van der Waals surface area contributed by atoms with Crippen LogP contribution in [0.1, 0.15) is 43.4 Å². The molecule has 0 saturated carbocycles. The second-order valence-electron chi connectivity index (χ2n) is 5.48. The van der Waals surface area contributed by atoms with E-state index >= 15 is 0 Å². The van der Waals surface area contributed by atoms with E-state index in [1.165, 1.54) is 0 Å². The van der Waals surface area contributed by atoms with Crippen molar-refractivity contribution < 1.29 is 0 Å². The van der Waals surface area contributed by atoms with Gasteiger partial charge in [-0.25, -0.2) is 4.98 Å². The van der Waals surface area contributed by atoms with Gasteiger partial charge in [-0.05, 0) is 38.3 Å². The summed E-state index contributed by atoms with van der Waals surface area (Å²) in [4.78, 5) is 8.75. The number of aromatic nitrogens is 3. The molecule has 2 aromatic heterocycles. The topological polar surface area (TPSA) is 56.7 Å². The maximum atomic E-state index is 6.28. The lowest BCUT2D eigenvalue weighted by molar-refractivity contribution is 0.497. The molecule has 4 nitrogen and oxygen atoms in total. The zero-order chi connectivity index (χ0) is 14.0. The van der Waals surface area contributed by atoms with Crippen molar-refractivity contribution in [3.8, 4) is 5.69 Å². The fourth-order valence-electron chi connectivity index (χ4n) is 2.34. The molecule has 2 rings (SSSR count). The average molecular weight is 258 g/mol. The number of hydrogen-bond acceptors (Lipinski definition) is 3. The Bertz CT molecular complexity index is 557. The van der Waals surface area contributed by atoms with E-state index in [1.807, 2.05) is 32.4 Å². The van der Waals surface area contributed by atoms with Crippen molar-refractivity contribution >= 4 is 0 Å². The molecule has 0 aliphatic heterocycles. The first-order valence-electron chi connectivity index (χ1n) is 6.71. The molecule has 0 fully saturated rings. The van der Waals surface area contributed by atoms with E-state index in [0.29, 0.717) is 5.92 Å². The summed E-state index contributed by atoms with van der Waals surface area (Å²) >= 11 is 0. The van der Waals surface area contributed by atoms with Gasteiger partial charge in [0.05, 0.1) is 29.6 Å². The summed E-state index contributed by atoms with van der Waals surface area (Å²) in [5, 5.41) is 0. The summed E-state index contributed by atoms with van der Waals surface area (Å²) in [6.07, 6.45) is 4.62. The minimum atomic E-state index is 0.00297. The van der Waals surface area contributed by atoms with Crippen molar-refractivity contribution in [2.45, 2.75) is 40.2 Å². The molecular weight excluding hydrogens is 236 g/mol. The predicted octanol–water partition coefficient (Wildman–Crippen LogP) is 2.93. The van der Waals surface area contributed by atoms with Crippen LogP contribution in [0.4, 0.5) is 0 Å². The van der Waals surface area contributed by atoms with Crippen LogP contribution in [0.3, 0.4) is 0 Å². The van der Waals surface area contributed by atoms with Crippen LogP contribution < -0.4 is 5.73 Å². The Hall–Kier alpha value is -1.68. The Balaban J connectivity index is 2.38. The summed E-state index contributed by atoms with van der Waals surface area (Å²) in [6.45, 7) is 8.37. The van der Waals surface area contributed by atoms with Gasteiger partial charge >= 0.3 is 0 Å². The van der Waals surface area contributed by atoms with E-state index in [9.17, 15) is 0 Å². The lowest BCUT2D eigenvalue weighted by atomic mass is 10.0. The molecule has 0 radical (unpaired) electrons. The third-order valence-electron chi connectivity index (χ3n) is 3.23. The quantitative estimate of drug-likeness (QED) is 0.917. The molecule has 19 heavy (non-hydrogen) atoms. The van der Waals surface area contributed by atoms with E-state index in [0.717, 1.165) is 29.2 Å². The third-order valence-corrected chi connectivity index (χ3v) is 3.23. The molecule has 1 unspecified atom stereocenters. The van der Waals surface area contributed by atoms with Gasteiger partial charge in [0.2, 0.25) is 0 Å². The normalized spacial score (nSPS) is 12.9. The summed E-state index contributed by atoms with van der Waals surface area (Å²) in [7, 11) is 0. The van der Waals surface area contributed by atoms with Gasteiger partial charge in [0.15, 0.2) is 0 Å². The van der Waals surface area contributed by atoms with Crippen molar-refractivity contribution in [3.63, 3.8) is 0 Å². The first kappa shape index (κ1) is 13.7. The molecule has 0 aliphatic rings. The van der Waals surface area contributed by atoms with Crippen LogP contribution in [-0.2, 0) is 0 Å². The number of rotatable bonds is 4. The smallest absolute Gasteiger partial charge is 0.0995 e. The second kappa shape index (κ2) is 5.53. The summed E-state index contributed by atoms with van der Waals surface area (Å²) in [6, 6.07) is 4.09. The van der Waals surface area contributed by atoms with Gasteiger partial charge in [-0.15, -0.1) is 0 Å². The van der Waals surface area contributed by atoms with Crippen LogP contribution in [0.15, 0.2) is 24.7 Å². The van der Waals surface area contributed by atoms with Crippen LogP contribution in [0, 0.1) is 19.8 Å². The number of aryl methyl sites for hydroxylation is 2. The highest BCUT2D eigenvalue weighted by atomic mass is 15.1. The number of nitrogens with two attached hydrogens (primary N) is 1. The lowest BCUT2D eigenvalue weighted by Gasteiger charge is -2.17. The summed E-state index contributed by atoms with van der Waals surface area (Å²) in [5.41, 5.74) is 10.4. The monoisotopic (exact) mass is 258 g/mol. The minimum absolute atomic E-state index is 0.00297. The van der Waals surface area contributed by atoms with E-state index < -0.39 is 0 Å². The molecular formula is C15H22N4. The number of nitrogens with zero attached hydrogens (tertiary/aromatic N) is 3. The molecule has 2 N–H and O–H groups in total. The molecule has 0 amide bonds. The highest BCUT2D eigenvalue weighted by Gasteiger charge is 2.15. The average Bonchev–Trinajstić information content (AvgIpc) is 2.76. The minimum Gasteiger partial charge on any atom is -0.323 e. The number of pyridine rings is 1. The van der Waals surface area contributed by atoms with Crippen molar-refractivity contribution in [3.05, 3.63) is 41.7 Å². The maximum absolute atomic E-state index is 6.28. The molecule has 0 bridgehead atoms. The Morgan fingerprint density at radius 1 is 1.26 bits per heavy atom. The molecule has 1 atom stereocenters. The molecule has 2 aromatic rings. The van der Waals surface area contributed by atoms with Gasteiger partial charge in [-0.2, -0.15) is 0 Å². The Morgan fingerprint density at radius 2 is 2.00 bits per heavy atom. The third kappa shape index (κ3) is 3.01. The molecule has 0 aromatic carbocycles. The van der Waals surface area contributed by atoms with Crippen LogP contribution in [0.25, 0.3) is 5.69 Å². The molecule has 4 heteroatoms. The highest BCUT2D eigenvalue weighted by molar-refractivity contribution is 5.39. The van der Waals surface area contributed by atoms with Gasteiger partial charge in [-0.1, -0.05) is 13.8 Å². The Labute approximate surface area is 114 Å². The fourth-order valence-corrected chi connectivity index (χ4v) is 2.34. The molecule has 102 valence electrons. The van der Waals surface area contributed by atoms with Gasteiger partial charge in [0, 0.05) is 11.7 Å². The Morgan fingerprint density at radius 3 is 2.63 bits per heavy atom. The van der Waals surface area contributed by atoms with Crippen LogP contribution >= 0.6 is 0 Å². The number of imidazole rings is 1. The van der Waals surface area contributed by atoms with Crippen molar-refractivity contribution in [1.29, 1.82) is 0 Å². The molecule has 0 spiro atoms. The van der Waals surface area contributed by atoms with E-state index in [2.05, 4.69) is 34.4 Å². The van der Waals surface area contributed by atoms with Gasteiger partial charge in [0.1, 0.15) is 0 Å². The molecule has 0 saturated heterocycles. The second-order valence-corrected chi connectivity index (χ2v) is 5.48. The molecule has 2 heterocycles. The van der Waals surface area contributed by atoms with E-state index in [-0.39, 0.29) is 6.04 Å². The van der Waals surface area contributed by atoms with Gasteiger partial charge < -0.3 is 5.73 Å². The van der Waals surface area contributed by atoms with E-state index in [4.69, 9.17) is 5.73 Å². The molecule has 0 aliphatic carbocycles. The largest absolute Gasteiger partial charge is 0.323 e. The van der Waals surface area contributed by atoms with Crippen LogP contribution in [-0.4, -0.2) is 14.5 Å². The van der Waals surface area contributed by atoms with E-state index in [1.54, 1.807) is 0 Å². The zero-order valence-electron chi connectivity index (χ0n) is 12.1. The van der Waals surface area contributed by atoms with Gasteiger partial charge in [0.25, 0.3) is 0 Å². The van der Waals surface area contributed by atoms with Crippen LogP contribution in [0.5, 0.6) is 0 Å². The summed E-state index contributed by atoms with van der Waals surface area (Å²) < 4.78 is 2.05. The predicted molar refractivity (Wildman–Crippen MR) is 77.2 cm³/mol. The van der Waals surface area contributed by atoms with Gasteiger partial charge in [-0.3, -0.25) is 9.55 Å². The maximum Gasteiger partial charge on any atom is 0.0995 e. The number of hydrogen-bond donors (Lipinski definition) is 1. The van der Waals surface area contributed by atoms with Crippen molar-refractivity contribution in [2.24, 2.45) is 11.7 Å². The standard InChI is InChI=1S/C15H22N4/c1-10(2)7-13(16)15-8-17-9-19(15)14-6-5-11(3)18-12(14)4/h5-6,8-10,13H,7,16H2,1-4H3. The summed E-state index contributed by atoms with van der Waals surface area (Å²) in [5.74, 6) is 0.565. The SMILES string of the molecule is Cc1ccc(-n2cncc2C(N)CC(C)C)c(C)n1. The fraction of sp³-hybridized carbons (Fsp3) is 0.467.